The highest BCUT2D eigenvalue weighted by Gasteiger charge is 2.36. The first kappa shape index (κ1) is 10.1. The molecule has 0 spiro atoms. The summed E-state index contributed by atoms with van der Waals surface area (Å²) in [5, 5.41) is 9.07. The monoisotopic (exact) mass is 205 g/mol. The highest BCUT2D eigenvalue weighted by atomic mass is 16.4. The van der Waals surface area contributed by atoms with E-state index in [4.69, 9.17) is 5.11 Å². The van der Waals surface area contributed by atoms with E-state index in [2.05, 4.69) is 11.9 Å². The normalized spacial score (nSPS) is 26.0. The van der Waals surface area contributed by atoms with Crippen molar-refractivity contribution in [1.29, 1.82) is 0 Å². The predicted octanol–water partition coefficient (Wildman–Crippen LogP) is 2.08. The van der Waals surface area contributed by atoms with E-state index in [-0.39, 0.29) is 11.8 Å². The van der Waals surface area contributed by atoms with Crippen molar-refractivity contribution in [1.82, 2.24) is 4.98 Å². The SMILES string of the molecule is CC1Cc2cnccc2C1C(C)C(=O)O. The maximum atomic E-state index is 11.0. The van der Waals surface area contributed by atoms with Gasteiger partial charge in [-0.3, -0.25) is 9.78 Å². The summed E-state index contributed by atoms with van der Waals surface area (Å²) in [5.74, 6) is -0.490. The van der Waals surface area contributed by atoms with Gasteiger partial charge in [0.1, 0.15) is 0 Å². The molecule has 15 heavy (non-hydrogen) atoms. The highest BCUT2D eigenvalue weighted by molar-refractivity contribution is 5.71. The van der Waals surface area contributed by atoms with Crippen LogP contribution >= 0.6 is 0 Å². The third-order valence-corrected chi connectivity index (χ3v) is 3.38. The lowest BCUT2D eigenvalue weighted by atomic mass is 9.83. The van der Waals surface area contributed by atoms with Gasteiger partial charge in [-0.15, -0.1) is 0 Å². The molecular formula is C12H15NO2. The summed E-state index contributed by atoms with van der Waals surface area (Å²) >= 11 is 0. The highest BCUT2D eigenvalue weighted by Crippen LogP contribution is 2.41. The van der Waals surface area contributed by atoms with Crippen LogP contribution in [0.3, 0.4) is 0 Å². The van der Waals surface area contributed by atoms with Gasteiger partial charge in [0.25, 0.3) is 0 Å². The number of carboxylic acids is 1. The van der Waals surface area contributed by atoms with Gasteiger partial charge in [0.15, 0.2) is 0 Å². The Labute approximate surface area is 89.2 Å². The molecule has 1 N–H and O–H groups in total. The molecule has 1 aromatic rings. The molecular weight excluding hydrogens is 190 g/mol. The molecule has 1 heterocycles. The van der Waals surface area contributed by atoms with Crippen LogP contribution < -0.4 is 0 Å². The summed E-state index contributed by atoms with van der Waals surface area (Å²) in [6, 6.07) is 1.96. The lowest BCUT2D eigenvalue weighted by Gasteiger charge is -2.20. The van der Waals surface area contributed by atoms with Crippen LogP contribution in [0, 0.1) is 11.8 Å². The van der Waals surface area contributed by atoms with Crippen LogP contribution in [0.1, 0.15) is 30.9 Å². The Hall–Kier alpha value is -1.38. The Kier molecular flexibility index (Phi) is 2.47. The summed E-state index contributed by atoms with van der Waals surface area (Å²) < 4.78 is 0. The standard InChI is InChI=1S/C12H15NO2/c1-7-5-9-6-13-4-3-10(9)11(7)8(2)12(14)15/h3-4,6-8,11H,5H2,1-2H3,(H,14,15). The Morgan fingerprint density at radius 2 is 2.40 bits per heavy atom. The van der Waals surface area contributed by atoms with E-state index < -0.39 is 5.97 Å². The third-order valence-electron chi connectivity index (χ3n) is 3.38. The van der Waals surface area contributed by atoms with Crippen molar-refractivity contribution in [3.8, 4) is 0 Å². The van der Waals surface area contributed by atoms with E-state index in [0.29, 0.717) is 5.92 Å². The first-order chi connectivity index (χ1) is 7.11. The second kappa shape index (κ2) is 3.65. The molecule has 0 aromatic carbocycles. The lowest BCUT2D eigenvalue weighted by Crippen LogP contribution is -2.21. The quantitative estimate of drug-likeness (QED) is 0.804. The van der Waals surface area contributed by atoms with Crippen molar-refractivity contribution in [2.24, 2.45) is 11.8 Å². The number of nitrogens with zero attached hydrogens (tertiary/aromatic N) is 1. The first-order valence-corrected chi connectivity index (χ1v) is 5.27. The van der Waals surface area contributed by atoms with Gasteiger partial charge in [-0.05, 0) is 29.5 Å². The number of pyridine rings is 1. The number of hydrogen-bond acceptors (Lipinski definition) is 2. The fourth-order valence-electron chi connectivity index (χ4n) is 2.63. The molecule has 0 amide bonds. The van der Waals surface area contributed by atoms with Crippen LogP contribution in [0.5, 0.6) is 0 Å². The maximum absolute atomic E-state index is 11.0. The average molecular weight is 205 g/mol. The third kappa shape index (κ3) is 1.62. The van der Waals surface area contributed by atoms with Crippen molar-refractivity contribution >= 4 is 5.97 Å². The minimum atomic E-state index is -0.712. The summed E-state index contributed by atoms with van der Waals surface area (Å²) in [7, 11) is 0. The van der Waals surface area contributed by atoms with E-state index >= 15 is 0 Å². The molecule has 0 saturated carbocycles. The molecule has 0 aliphatic heterocycles. The Balaban J connectivity index is 2.37. The zero-order valence-corrected chi connectivity index (χ0v) is 8.97. The van der Waals surface area contributed by atoms with Gasteiger partial charge in [-0.1, -0.05) is 13.8 Å². The number of hydrogen-bond donors (Lipinski definition) is 1. The van der Waals surface area contributed by atoms with Crippen LogP contribution in [0.25, 0.3) is 0 Å². The van der Waals surface area contributed by atoms with Gasteiger partial charge in [0.2, 0.25) is 0 Å². The number of aliphatic carboxylic acids is 1. The van der Waals surface area contributed by atoms with Crippen LogP contribution in [-0.4, -0.2) is 16.1 Å². The number of rotatable bonds is 2. The summed E-state index contributed by atoms with van der Waals surface area (Å²) in [6.45, 7) is 3.91. The van der Waals surface area contributed by atoms with Gasteiger partial charge >= 0.3 is 5.97 Å². The second-order valence-corrected chi connectivity index (χ2v) is 4.41. The minimum Gasteiger partial charge on any atom is -0.481 e. The minimum absolute atomic E-state index is 0.139. The van der Waals surface area contributed by atoms with Gasteiger partial charge < -0.3 is 5.11 Å². The molecule has 1 aliphatic rings. The molecule has 1 aliphatic carbocycles. The van der Waals surface area contributed by atoms with Crippen LogP contribution in [0.15, 0.2) is 18.5 Å². The first-order valence-electron chi connectivity index (χ1n) is 5.27. The fraction of sp³-hybridized carbons (Fsp3) is 0.500. The molecule has 0 radical (unpaired) electrons. The van der Waals surface area contributed by atoms with Crippen molar-refractivity contribution in [2.45, 2.75) is 26.2 Å². The van der Waals surface area contributed by atoms with Gasteiger partial charge in [-0.25, -0.2) is 0 Å². The molecule has 0 saturated heterocycles. The largest absolute Gasteiger partial charge is 0.481 e. The zero-order chi connectivity index (χ0) is 11.0. The van der Waals surface area contributed by atoms with Crippen LogP contribution in [0.2, 0.25) is 0 Å². The fourth-order valence-corrected chi connectivity index (χ4v) is 2.63. The second-order valence-electron chi connectivity index (χ2n) is 4.41. The van der Waals surface area contributed by atoms with E-state index in [1.165, 1.54) is 11.1 Å². The van der Waals surface area contributed by atoms with Crippen LogP contribution in [-0.2, 0) is 11.2 Å². The van der Waals surface area contributed by atoms with E-state index in [1.807, 2.05) is 12.3 Å². The van der Waals surface area contributed by atoms with Crippen molar-refractivity contribution < 1.29 is 9.90 Å². The van der Waals surface area contributed by atoms with Gasteiger partial charge in [0, 0.05) is 18.3 Å². The van der Waals surface area contributed by atoms with Crippen LogP contribution in [0.4, 0.5) is 0 Å². The van der Waals surface area contributed by atoms with Gasteiger partial charge in [-0.2, -0.15) is 0 Å². The zero-order valence-electron chi connectivity index (χ0n) is 8.97. The Bertz CT molecular complexity index is 389. The van der Waals surface area contributed by atoms with Crippen molar-refractivity contribution in [3.63, 3.8) is 0 Å². The number of fused-ring (bicyclic) bond motifs is 1. The summed E-state index contributed by atoms with van der Waals surface area (Å²) in [4.78, 5) is 15.1. The van der Waals surface area contributed by atoms with E-state index in [0.717, 1.165) is 6.42 Å². The molecule has 3 nitrogen and oxygen atoms in total. The molecule has 3 atom stereocenters. The number of carboxylic acid groups (broad SMARTS) is 1. The smallest absolute Gasteiger partial charge is 0.306 e. The Morgan fingerprint density at radius 1 is 1.67 bits per heavy atom. The molecule has 0 bridgehead atoms. The average Bonchev–Trinajstić information content (AvgIpc) is 2.52. The van der Waals surface area contributed by atoms with Crippen molar-refractivity contribution in [2.75, 3.05) is 0 Å². The topological polar surface area (TPSA) is 50.2 Å². The molecule has 0 fully saturated rings. The molecule has 1 aromatic heterocycles. The molecule has 3 unspecified atom stereocenters. The van der Waals surface area contributed by atoms with Gasteiger partial charge in [0.05, 0.1) is 5.92 Å². The lowest BCUT2D eigenvalue weighted by molar-refractivity contribution is -0.142. The van der Waals surface area contributed by atoms with E-state index in [1.54, 1.807) is 13.1 Å². The summed E-state index contributed by atoms with van der Waals surface area (Å²) in [6.07, 6.45) is 4.56. The maximum Gasteiger partial charge on any atom is 0.306 e. The molecule has 80 valence electrons. The van der Waals surface area contributed by atoms with E-state index in [9.17, 15) is 4.79 Å². The number of carbonyl (C=O) groups is 1. The molecule has 3 heteroatoms. The molecule has 2 rings (SSSR count). The summed E-state index contributed by atoms with van der Waals surface area (Å²) in [5.41, 5.74) is 2.38. The van der Waals surface area contributed by atoms with Crippen molar-refractivity contribution in [3.05, 3.63) is 29.6 Å². The predicted molar refractivity (Wildman–Crippen MR) is 56.6 cm³/mol. The number of aromatic nitrogens is 1. The Morgan fingerprint density at radius 3 is 3.07 bits per heavy atom.